The molecular weight excluding hydrogens is 354 g/mol. The highest BCUT2D eigenvalue weighted by Gasteiger charge is 2.25. The second-order valence-corrected chi connectivity index (χ2v) is 8.54. The maximum atomic E-state index is 5.66. The molecule has 0 aliphatic rings. The molecule has 1 rings (SSSR count). The Bertz CT molecular complexity index is 533. The molecule has 0 atom stereocenters. The molecule has 0 aromatic heterocycles. The van der Waals surface area contributed by atoms with Crippen LogP contribution in [0.5, 0.6) is 11.5 Å². The van der Waals surface area contributed by atoms with Gasteiger partial charge in [-0.05, 0) is 59.3 Å². The first-order chi connectivity index (χ1) is 10.6. The molecular formula is C19H30BrNO2. The number of methoxy groups -OCH3 is 1. The van der Waals surface area contributed by atoms with Crippen molar-refractivity contribution in [3.63, 3.8) is 0 Å². The number of nitrogens with one attached hydrogen (secondary N) is 1. The molecule has 0 aliphatic carbocycles. The lowest BCUT2D eigenvalue weighted by Gasteiger charge is -2.33. The van der Waals surface area contributed by atoms with E-state index < -0.39 is 0 Å². The number of benzene rings is 1. The van der Waals surface area contributed by atoms with Gasteiger partial charge in [0.25, 0.3) is 0 Å². The molecule has 0 radical (unpaired) electrons. The summed E-state index contributed by atoms with van der Waals surface area (Å²) in [5.74, 6) is 1.44. The molecule has 4 heteroatoms. The highest BCUT2D eigenvalue weighted by atomic mass is 79.9. The fraction of sp³-hybridized carbons (Fsp3) is 0.579. The molecule has 0 saturated carbocycles. The van der Waals surface area contributed by atoms with E-state index in [2.05, 4.69) is 68.5 Å². The molecule has 3 nitrogen and oxygen atoms in total. The molecule has 0 spiro atoms. The fourth-order valence-electron chi connectivity index (χ4n) is 2.89. The van der Waals surface area contributed by atoms with Crippen molar-refractivity contribution >= 4 is 15.9 Å². The molecule has 1 aromatic carbocycles. The molecule has 0 unspecified atom stereocenters. The van der Waals surface area contributed by atoms with Gasteiger partial charge in [-0.2, -0.15) is 0 Å². The summed E-state index contributed by atoms with van der Waals surface area (Å²) >= 11 is 3.57. The average molecular weight is 384 g/mol. The Morgan fingerprint density at radius 1 is 1.22 bits per heavy atom. The Kier molecular flexibility index (Phi) is 7.15. The van der Waals surface area contributed by atoms with Gasteiger partial charge in [-0.25, -0.2) is 0 Å². The second kappa shape index (κ2) is 8.20. The first-order valence-electron chi connectivity index (χ1n) is 7.93. The minimum Gasteiger partial charge on any atom is -0.493 e. The van der Waals surface area contributed by atoms with Crippen LogP contribution in [0.1, 0.15) is 46.6 Å². The van der Waals surface area contributed by atoms with Crippen molar-refractivity contribution in [3.05, 3.63) is 34.8 Å². The van der Waals surface area contributed by atoms with Crippen molar-refractivity contribution in [3.8, 4) is 11.5 Å². The highest BCUT2D eigenvalue weighted by molar-refractivity contribution is 9.10. The van der Waals surface area contributed by atoms with Gasteiger partial charge in [-0.3, -0.25) is 0 Å². The Balaban J connectivity index is 2.85. The van der Waals surface area contributed by atoms with Crippen LogP contribution in [0.3, 0.4) is 0 Å². The molecule has 0 bridgehead atoms. The van der Waals surface area contributed by atoms with Crippen molar-refractivity contribution in [2.24, 2.45) is 5.41 Å². The van der Waals surface area contributed by atoms with Gasteiger partial charge >= 0.3 is 0 Å². The van der Waals surface area contributed by atoms with Crippen molar-refractivity contribution in [2.75, 3.05) is 13.7 Å². The van der Waals surface area contributed by atoms with Crippen LogP contribution in [0.2, 0.25) is 0 Å². The van der Waals surface area contributed by atoms with Crippen LogP contribution in [0.25, 0.3) is 0 Å². The van der Waals surface area contributed by atoms with E-state index in [-0.39, 0.29) is 11.0 Å². The Morgan fingerprint density at radius 3 is 2.39 bits per heavy atom. The zero-order chi connectivity index (χ0) is 17.7. The van der Waals surface area contributed by atoms with E-state index in [0.29, 0.717) is 12.4 Å². The smallest absolute Gasteiger partial charge is 0.175 e. The van der Waals surface area contributed by atoms with Gasteiger partial charge in [0.15, 0.2) is 11.5 Å². The molecule has 0 saturated heterocycles. The monoisotopic (exact) mass is 383 g/mol. The minimum absolute atomic E-state index is 0.0654. The van der Waals surface area contributed by atoms with E-state index in [1.165, 1.54) is 0 Å². The predicted octanol–water partition coefficient (Wildman–Crippen LogP) is 5.33. The molecule has 0 amide bonds. The highest BCUT2D eigenvalue weighted by Crippen LogP contribution is 2.37. The van der Waals surface area contributed by atoms with E-state index in [1.54, 1.807) is 13.2 Å². The van der Waals surface area contributed by atoms with Gasteiger partial charge in [0.1, 0.15) is 6.61 Å². The molecule has 23 heavy (non-hydrogen) atoms. The zero-order valence-electron chi connectivity index (χ0n) is 15.3. The van der Waals surface area contributed by atoms with Gasteiger partial charge in [0.2, 0.25) is 0 Å². The SMILES string of the molecule is C=CCOc1c(Br)cc(CNC(C)(C)CC(C)(C)C)cc1OC. The van der Waals surface area contributed by atoms with E-state index in [0.717, 1.165) is 28.8 Å². The molecule has 130 valence electrons. The lowest BCUT2D eigenvalue weighted by molar-refractivity contribution is 0.240. The lowest BCUT2D eigenvalue weighted by atomic mass is 9.82. The second-order valence-electron chi connectivity index (χ2n) is 7.68. The quantitative estimate of drug-likeness (QED) is 0.615. The third kappa shape index (κ3) is 6.96. The number of halogens is 1. The number of ether oxygens (including phenoxy) is 2. The van der Waals surface area contributed by atoms with Crippen molar-refractivity contribution in [1.29, 1.82) is 0 Å². The topological polar surface area (TPSA) is 30.5 Å². The summed E-state index contributed by atoms with van der Waals surface area (Å²) < 4.78 is 12.0. The summed E-state index contributed by atoms with van der Waals surface area (Å²) in [5, 5.41) is 3.64. The van der Waals surface area contributed by atoms with Crippen LogP contribution in [-0.4, -0.2) is 19.3 Å². The van der Waals surface area contributed by atoms with Crippen molar-refractivity contribution in [1.82, 2.24) is 5.32 Å². The molecule has 0 fully saturated rings. The van der Waals surface area contributed by atoms with Crippen LogP contribution in [0.15, 0.2) is 29.3 Å². The molecule has 0 aliphatic heterocycles. The number of hydrogen-bond donors (Lipinski definition) is 1. The van der Waals surface area contributed by atoms with E-state index in [4.69, 9.17) is 9.47 Å². The van der Waals surface area contributed by atoms with Gasteiger partial charge < -0.3 is 14.8 Å². The van der Waals surface area contributed by atoms with E-state index in [1.807, 2.05) is 6.07 Å². The summed E-state index contributed by atoms with van der Waals surface area (Å²) in [4.78, 5) is 0. The van der Waals surface area contributed by atoms with Crippen molar-refractivity contribution < 1.29 is 9.47 Å². The average Bonchev–Trinajstić information content (AvgIpc) is 2.41. The third-order valence-corrected chi connectivity index (χ3v) is 3.97. The van der Waals surface area contributed by atoms with Gasteiger partial charge in [0, 0.05) is 12.1 Å². The third-order valence-electron chi connectivity index (χ3n) is 3.38. The lowest BCUT2D eigenvalue weighted by Crippen LogP contribution is -2.41. The Morgan fingerprint density at radius 2 is 1.87 bits per heavy atom. The summed E-state index contributed by atoms with van der Waals surface area (Å²) in [6.45, 7) is 16.2. The summed E-state index contributed by atoms with van der Waals surface area (Å²) in [5.41, 5.74) is 1.51. The molecule has 0 heterocycles. The Labute approximate surface area is 149 Å². The normalized spacial score (nSPS) is 12.1. The number of hydrogen-bond acceptors (Lipinski definition) is 3. The predicted molar refractivity (Wildman–Crippen MR) is 101 cm³/mol. The largest absolute Gasteiger partial charge is 0.493 e. The van der Waals surface area contributed by atoms with Crippen LogP contribution in [-0.2, 0) is 6.54 Å². The summed E-state index contributed by atoms with van der Waals surface area (Å²) in [6.07, 6.45) is 2.81. The van der Waals surface area contributed by atoms with E-state index >= 15 is 0 Å². The van der Waals surface area contributed by atoms with Gasteiger partial charge in [0.05, 0.1) is 11.6 Å². The van der Waals surface area contributed by atoms with Crippen LogP contribution < -0.4 is 14.8 Å². The maximum absolute atomic E-state index is 5.66. The zero-order valence-corrected chi connectivity index (χ0v) is 16.8. The summed E-state index contributed by atoms with van der Waals surface area (Å²) in [7, 11) is 1.66. The van der Waals surface area contributed by atoms with Crippen LogP contribution in [0, 0.1) is 5.41 Å². The summed E-state index contributed by atoms with van der Waals surface area (Å²) in [6, 6.07) is 4.09. The fourth-order valence-corrected chi connectivity index (χ4v) is 3.49. The first kappa shape index (κ1) is 20.0. The van der Waals surface area contributed by atoms with Crippen molar-refractivity contribution in [2.45, 2.75) is 53.1 Å². The molecule has 1 N–H and O–H groups in total. The standard InChI is InChI=1S/C19H30BrNO2/c1-8-9-23-17-15(20)10-14(11-16(17)22-7)12-21-19(5,6)13-18(2,3)4/h8,10-11,21H,1,9,12-13H2,2-7H3. The first-order valence-corrected chi connectivity index (χ1v) is 8.72. The van der Waals surface area contributed by atoms with Gasteiger partial charge in [-0.1, -0.05) is 33.4 Å². The van der Waals surface area contributed by atoms with Gasteiger partial charge in [-0.15, -0.1) is 0 Å². The van der Waals surface area contributed by atoms with E-state index in [9.17, 15) is 0 Å². The van der Waals surface area contributed by atoms with Crippen LogP contribution in [0.4, 0.5) is 0 Å². The Hall–Kier alpha value is -1.00. The maximum Gasteiger partial charge on any atom is 0.175 e. The number of rotatable bonds is 8. The molecule has 1 aromatic rings. The van der Waals surface area contributed by atoms with Crippen LogP contribution >= 0.6 is 15.9 Å². The minimum atomic E-state index is 0.0654.